The third kappa shape index (κ3) is 6.00. The summed E-state index contributed by atoms with van der Waals surface area (Å²) in [6.45, 7) is 6.95. The van der Waals surface area contributed by atoms with Gasteiger partial charge in [-0.05, 0) is 37.6 Å². The summed E-state index contributed by atoms with van der Waals surface area (Å²) in [5.41, 5.74) is 1.08. The monoisotopic (exact) mass is 300 g/mol. The molecule has 1 rings (SSSR count). The van der Waals surface area contributed by atoms with Crippen molar-refractivity contribution in [2.75, 3.05) is 26.3 Å². The fourth-order valence-corrected chi connectivity index (χ4v) is 2.68. The second-order valence-corrected chi connectivity index (χ2v) is 6.18. The maximum absolute atomic E-state index is 12.0. The lowest BCUT2D eigenvalue weighted by molar-refractivity contribution is 0.153. The lowest BCUT2D eigenvalue weighted by Crippen LogP contribution is -2.27. The largest absolute Gasteiger partial charge is 0.380 e. The molecule has 0 aromatic heterocycles. The van der Waals surface area contributed by atoms with Gasteiger partial charge in [0, 0.05) is 19.7 Å². The number of ether oxygens (including phenoxy) is 1. The third-order valence-electron chi connectivity index (χ3n) is 2.73. The molecule has 114 valence electrons. The first-order valence-corrected chi connectivity index (χ1v) is 8.45. The van der Waals surface area contributed by atoms with E-state index in [0.717, 1.165) is 25.1 Å². The van der Waals surface area contributed by atoms with Crippen LogP contribution in [0.15, 0.2) is 29.2 Å². The standard InChI is InChI=1S/C14H24N2O3S/c1-3-9-15-12-13-5-7-14(8-6-13)20(17,18)16-10-11-19-4-2/h5-8,15-16H,3-4,9-12H2,1-2H3. The molecule has 0 radical (unpaired) electrons. The molecule has 0 saturated heterocycles. The number of hydrogen-bond donors (Lipinski definition) is 2. The van der Waals surface area contributed by atoms with Crippen LogP contribution in [0.5, 0.6) is 0 Å². The Morgan fingerprint density at radius 3 is 2.40 bits per heavy atom. The van der Waals surface area contributed by atoms with Crippen LogP contribution >= 0.6 is 0 Å². The van der Waals surface area contributed by atoms with E-state index >= 15 is 0 Å². The van der Waals surface area contributed by atoms with Crippen LogP contribution in [0.2, 0.25) is 0 Å². The fourth-order valence-electron chi connectivity index (χ4n) is 1.67. The molecule has 0 amide bonds. The van der Waals surface area contributed by atoms with Crippen molar-refractivity contribution in [3.63, 3.8) is 0 Å². The van der Waals surface area contributed by atoms with Gasteiger partial charge >= 0.3 is 0 Å². The van der Waals surface area contributed by atoms with Crippen molar-refractivity contribution in [2.45, 2.75) is 31.7 Å². The zero-order valence-corrected chi connectivity index (χ0v) is 13.0. The van der Waals surface area contributed by atoms with Gasteiger partial charge in [0.1, 0.15) is 0 Å². The van der Waals surface area contributed by atoms with E-state index in [1.54, 1.807) is 12.1 Å². The van der Waals surface area contributed by atoms with Crippen molar-refractivity contribution in [3.8, 4) is 0 Å². The molecule has 20 heavy (non-hydrogen) atoms. The zero-order chi connectivity index (χ0) is 14.8. The van der Waals surface area contributed by atoms with Crippen LogP contribution in [0.25, 0.3) is 0 Å². The van der Waals surface area contributed by atoms with Crippen LogP contribution in [0, 0.1) is 0 Å². The number of benzene rings is 1. The molecule has 6 heteroatoms. The van der Waals surface area contributed by atoms with Crippen LogP contribution in [0.3, 0.4) is 0 Å². The lowest BCUT2D eigenvalue weighted by atomic mass is 10.2. The minimum absolute atomic E-state index is 0.285. The second kappa shape index (κ2) is 9.07. The van der Waals surface area contributed by atoms with Crippen molar-refractivity contribution >= 4 is 10.0 Å². The van der Waals surface area contributed by atoms with Crippen molar-refractivity contribution in [2.24, 2.45) is 0 Å². The molecule has 0 spiro atoms. The molecule has 2 N–H and O–H groups in total. The average Bonchev–Trinajstić information content (AvgIpc) is 2.45. The van der Waals surface area contributed by atoms with Crippen LogP contribution in [0.4, 0.5) is 0 Å². The molecule has 0 bridgehead atoms. The van der Waals surface area contributed by atoms with E-state index in [2.05, 4.69) is 17.0 Å². The molecule has 0 fully saturated rings. The van der Waals surface area contributed by atoms with Crippen molar-refractivity contribution in [1.29, 1.82) is 0 Å². The number of rotatable bonds is 10. The zero-order valence-electron chi connectivity index (χ0n) is 12.2. The van der Waals surface area contributed by atoms with Gasteiger partial charge in [-0.3, -0.25) is 0 Å². The smallest absolute Gasteiger partial charge is 0.240 e. The fraction of sp³-hybridized carbons (Fsp3) is 0.571. The van der Waals surface area contributed by atoms with Gasteiger partial charge in [-0.25, -0.2) is 13.1 Å². The van der Waals surface area contributed by atoms with Crippen molar-refractivity contribution in [1.82, 2.24) is 10.0 Å². The minimum Gasteiger partial charge on any atom is -0.380 e. The molecule has 0 aliphatic heterocycles. The highest BCUT2D eigenvalue weighted by Gasteiger charge is 2.12. The maximum Gasteiger partial charge on any atom is 0.240 e. The van der Waals surface area contributed by atoms with Crippen LogP contribution in [0.1, 0.15) is 25.8 Å². The lowest BCUT2D eigenvalue weighted by Gasteiger charge is -2.08. The van der Waals surface area contributed by atoms with E-state index in [1.165, 1.54) is 0 Å². The molecule has 0 heterocycles. The van der Waals surface area contributed by atoms with Gasteiger partial charge in [-0.15, -0.1) is 0 Å². The summed E-state index contributed by atoms with van der Waals surface area (Å²) in [5, 5.41) is 3.28. The summed E-state index contributed by atoms with van der Waals surface area (Å²) in [6.07, 6.45) is 1.08. The Kier molecular flexibility index (Phi) is 7.76. The van der Waals surface area contributed by atoms with E-state index in [1.807, 2.05) is 19.1 Å². The molecular weight excluding hydrogens is 276 g/mol. The summed E-state index contributed by atoms with van der Waals surface area (Å²) in [6, 6.07) is 6.93. The molecule has 0 aliphatic carbocycles. The van der Waals surface area contributed by atoms with Gasteiger partial charge in [0.05, 0.1) is 11.5 Å². The topological polar surface area (TPSA) is 67.4 Å². The first-order chi connectivity index (χ1) is 9.60. The summed E-state index contributed by atoms with van der Waals surface area (Å²) >= 11 is 0. The highest BCUT2D eigenvalue weighted by molar-refractivity contribution is 7.89. The first-order valence-electron chi connectivity index (χ1n) is 6.97. The Morgan fingerprint density at radius 2 is 1.80 bits per heavy atom. The van der Waals surface area contributed by atoms with E-state index < -0.39 is 10.0 Å². The predicted molar refractivity (Wildman–Crippen MR) is 80.1 cm³/mol. The molecule has 1 aromatic carbocycles. The molecule has 0 saturated carbocycles. The summed E-state index contributed by atoms with van der Waals surface area (Å²) < 4.78 is 31.6. The number of sulfonamides is 1. The average molecular weight is 300 g/mol. The van der Waals surface area contributed by atoms with Crippen LogP contribution < -0.4 is 10.0 Å². The maximum atomic E-state index is 12.0. The Labute approximate surface area is 121 Å². The highest BCUT2D eigenvalue weighted by Crippen LogP contribution is 2.10. The van der Waals surface area contributed by atoms with E-state index in [0.29, 0.717) is 13.2 Å². The molecule has 0 aliphatic rings. The van der Waals surface area contributed by atoms with E-state index in [4.69, 9.17) is 4.74 Å². The van der Waals surface area contributed by atoms with Crippen molar-refractivity contribution in [3.05, 3.63) is 29.8 Å². The summed E-state index contributed by atoms with van der Waals surface area (Å²) in [7, 11) is -3.43. The normalized spacial score (nSPS) is 11.7. The quantitative estimate of drug-likeness (QED) is 0.643. The number of nitrogens with one attached hydrogen (secondary N) is 2. The number of hydrogen-bond acceptors (Lipinski definition) is 4. The summed E-state index contributed by atoms with van der Waals surface area (Å²) in [5.74, 6) is 0. The Morgan fingerprint density at radius 1 is 1.10 bits per heavy atom. The third-order valence-corrected chi connectivity index (χ3v) is 4.21. The van der Waals surface area contributed by atoms with Gasteiger partial charge in [-0.2, -0.15) is 0 Å². The van der Waals surface area contributed by atoms with Crippen LogP contribution in [-0.2, 0) is 21.3 Å². The second-order valence-electron chi connectivity index (χ2n) is 4.42. The molecular formula is C14H24N2O3S. The van der Waals surface area contributed by atoms with Gasteiger partial charge in [0.15, 0.2) is 0 Å². The SMILES string of the molecule is CCCNCc1ccc(S(=O)(=O)NCCOCC)cc1. The Bertz CT molecular complexity index is 472. The molecule has 0 atom stereocenters. The Balaban J connectivity index is 2.53. The Hall–Kier alpha value is -0.950. The summed E-state index contributed by atoms with van der Waals surface area (Å²) in [4.78, 5) is 0.285. The van der Waals surface area contributed by atoms with Gasteiger partial charge < -0.3 is 10.1 Å². The molecule has 0 unspecified atom stereocenters. The van der Waals surface area contributed by atoms with Crippen LogP contribution in [-0.4, -0.2) is 34.7 Å². The molecule has 1 aromatic rings. The van der Waals surface area contributed by atoms with Gasteiger partial charge in [-0.1, -0.05) is 19.1 Å². The first kappa shape index (κ1) is 17.1. The minimum atomic E-state index is -3.43. The highest BCUT2D eigenvalue weighted by atomic mass is 32.2. The van der Waals surface area contributed by atoms with Gasteiger partial charge in [0.25, 0.3) is 0 Å². The van der Waals surface area contributed by atoms with E-state index in [-0.39, 0.29) is 11.4 Å². The van der Waals surface area contributed by atoms with E-state index in [9.17, 15) is 8.42 Å². The predicted octanol–water partition coefficient (Wildman–Crippen LogP) is 1.50. The van der Waals surface area contributed by atoms with Gasteiger partial charge in [0.2, 0.25) is 10.0 Å². The molecule has 5 nitrogen and oxygen atoms in total. The van der Waals surface area contributed by atoms with Crippen molar-refractivity contribution < 1.29 is 13.2 Å².